The standard InChI is InChI=1S/C18H30N2O3S/c1-6-15(7-2)18(21)19-12-13-20(24(5,22)23)17-14(4)10-9-11-16(17)8-3/h9-11,15H,6-8,12-13H2,1-5H3,(H,19,21). The van der Waals surface area contributed by atoms with E-state index >= 15 is 0 Å². The lowest BCUT2D eigenvalue weighted by Crippen LogP contribution is -2.40. The summed E-state index contributed by atoms with van der Waals surface area (Å²) in [6.45, 7) is 8.43. The number of hydrogen-bond donors (Lipinski definition) is 1. The van der Waals surface area contributed by atoms with Crippen molar-refractivity contribution in [3.63, 3.8) is 0 Å². The van der Waals surface area contributed by atoms with Crippen molar-refractivity contribution in [2.45, 2.75) is 47.0 Å². The largest absolute Gasteiger partial charge is 0.354 e. The Labute approximate surface area is 146 Å². The molecule has 6 heteroatoms. The first-order valence-electron chi connectivity index (χ1n) is 8.60. The minimum Gasteiger partial charge on any atom is -0.354 e. The van der Waals surface area contributed by atoms with Crippen molar-refractivity contribution in [2.75, 3.05) is 23.7 Å². The lowest BCUT2D eigenvalue weighted by molar-refractivity contribution is -0.125. The van der Waals surface area contributed by atoms with E-state index in [0.29, 0.717) is 6.54 Å². The quantitative estimate of drug-likeness (QED) is 0.741. The van der Waals surface area contributed by atoms with Crippen LogP contribution in [-0.4, -0.2) is 33.7 Å². The molecule has 1 N–H and O–H groups in total. The molecule has 0 aliphatic rings. The topological polar surface area (TPSA) is 66.5 Å². The van der Waals surface area contributed by atoms with E-state index < -0.39 is 10.0 Å². The molecule has 0 aromatic heterocycles. The van der Waals surface area contributed by atoms with Gasteiger partial charge in [0.1, 0.15) is 0 Å². The summed E-state index contributed by atoms with van der Waals surface area (Å²) < 4.78 is 26.0. The summed E-state index contributed by atoms with van der Waals surface area (Å²) in [6, 6.07) is 5.80. The van der Waals surface area contributed by atoms with E-state index in [0.717, 1.165) is 36.1 Å². The second kappa shape index (κ2) is 9.06. The van der Waals surface area contributed by atoms with Crippen molar-refractivity contribution in [1.29, 1.82) is 0 Å². The number of rotatable bonds is 9. The molecule has 1 aromatic rings. The predicted molar refractivity (Wildman–Crippen MR) is 99.8 cm³/mol. The molecular formula is C18H30N2O3S. The van der Waals surface area contributed by atoms with Gasteiger partial charge in [0.15, 0.2) is 0 Å². The highest BCUT2D eigenvalue weighted by Gasteiger charge is 2.22. The molecule has 0 heterocycles. The average Bonchev–Trinajstić information content (AvgIpc) is 2.52. The minimum atomic E-state index is -3.42. The lowest BCUT2D eigenvalue weighted by atomic mass is 10.0. The van der Waals surface area contributed by atoms with E-state index in [1.165, 1.54) is 10.6 Å². The van der Waals surface area contributed by atoms with Crippen LogP contribution >= 0.6 is 0 Å². The van der Waals surface area contributed by atoms with Crippen LogP contribution < -0.4 is 9.62 Å². The zero-order chi connectivity index (χ0) is 18.3. The van der Waals surface area contributed by atoms with Gasteiger partial charge in [-0.3, -0.25) is 9.10 Å². The first kappa shape index (κ1) is 20.5. The van der Waals surface area contributed by atoms with Crippen molar-refractivity contribution in [3.8, 4) is 0 Å². The van der Waals surface area contributed by atoms with Gasteiger partial charge < -0.3 is 5.32 Å². The highest BCUT2D eigenvalue weighted by atomic mass is 32.2. The summed E-state index contributed by atoms with van der Waals surface area (Å²) in [7, 11) is -3.42. The van der Waals surface area contributed by atoms with Gasteiger partial charge >= 0.3 is 0 Å². The van der Waals surface area contributed by atoms with Crippen molar-refractivity contribution in [3.05, 3.63) is 29.3 Å². The molecule has 1 rings (SSSR count). The molecule has 0 fully saturated rings. The second-order valence-electron chi connectivity index (χ2n) is 6.08. The fraction of sp³-hybridized carbons (Fsp3) is 0.611. The molecule has 0 atom stereocenters. The van der Waals surface area contributed by atoms with Crippen molar-refractivity contribution < 1.29 is 13.2 Å². The summed E-state index contributed by atoms with van der Waals surface area (Å²) in [6.07, 6.45) is 3.54. The minimum absolute atomic E-state index is 0.00560. The van der Waals surface area contributed by atoms with Crippen molar-refractivity contribution >= 4 is 21.6 Å². The van der Waals surface area contributed by atoms with E-state index in [1.54, 1.807) is 0 Å². The van der Waals surface area contributed by atoms with Crippen LogP contribution in [0.1, 0.15) is 44.7 Å². The van der Waals surface area contributed by atoms with Crippen LogP contribution in [0, 0.1) is 12.8 Å². The van der Waals surface area contributed by atoms with Gasteiger partial charge in [-0.25, -0.2) is 8.42 Å². The molecule has 0 saturated heterocycles. The van der Waals surface area contributed by atoms with Crippen LogP contribution in [0.5, 0.6) is 0 Å². The normalized spacial score (nSPS) is 11.6. The van der Waals surface area contributed by atoms with Gasteiger partial charge in [0.2, 0.25) is 15.9 Å². The van der Waals surface area contributed by atoms with Crippen LogP contribution in [0.3, 0.4) is 0 Å². The number of nitrogens with one attached hydrogen (secondary N) is 1. The maximum Gasteiger partial charge on any atom is 0.232 e. The number of para-hydroxylation sites is 1. The molecule has 0 radical (unpaired) electrons. The number of nitrogens with zero attached hydrogens (tertiary/aromatic N) is 1. The lowest BCUT2D eigenvalue weighted by Gasteiger charge is -2.27. The van der Waals surface area contributed by atoms with Crippen LogP contribution in [0.25, 0.3) is 0 Å². The number of anilines is 1. The maximum atomic E-state index is 12.3. The molecule has 136 valence electrons. The number of carbonyl (C=O) groups is 1. The van der Waals surface area contributed by atoms with Crippen molar-refractivity contribution in [2.24, 2.45) is 5.92 Å². The molecule has 0 aliphatic carbocycles. The predicted octanol–water partition coefficient (Wildman–Crippen LogP) is 2.88. The highest BCUT2D eigenvalue weighted by molar-refractivity contribution is 7.92. The summed E-state index contributed by atoms with van der Waals surface area (Å²) in [5, 5.41) is 2.87. The summed E-state index contributed by atoms with van der Waals surface area (Å²) in [5.74, 6) is -0.0182. The van der Waals surface area contributed by atoms with E-state index in [-0.39, 0.29) is 18.4 Å². The average molecular weight is 355 g/mol. The van der Waals surface area contributed by atoms with E-state index in [2.05, 4.69) is 5.32 Å². The number of sulfonamides is 1. The Kier molecular flexibility index (Phi) is 7.73. The number of benzene rings is 1. The molecule has 0 unspecified atom stereocenters. The maximum absolute atomic E-state index is 12.3. The van der Waals surface area contributed by atoms with Crippen LogP contribution in [-0.2, 0) is 21.2 Å². The molecule has 24 heavy (non-hydrogen) atoms. The monoisotopic (exact) mass is 354 g/mol. The molecular weight excluding hydrogens is 324 g/mol. The summed E-state index contributed by atoms with van der Waals surface area (Å²) in [5.41, 5.74) is 2.65. The van der Waals surface area contributed by atoms with Gasteiger partial charge in [-0.15, -0.1) is 0 Å². The number of amides is 1. The zero-order valence-electron chi connectivity index (χ0n) is 15.4. The van der Waals surface area contributed by atoms with Gasteiger partial charge in [-0.1, -0.05) is 39.0 Å². The van der Waals surface area contributed by atoms with Crippen LogP contribution in [0.15, 0.2) is 18.2 Å². The highest BCUT2D eigenvalue weighted by Crippen LogP contribution is 2.27. The fourth-order valence-corrected chi connectivity index (χ4v) is 3.91. The molecule has 1 aromatic carbocycles. The summed E-state index contributed by atoms with van der Waals surface area (Å²) >= 11 is 0. The van der Waals surface area contributed by atoms with Crippen LogP contribution in [0.4, 0.5) is 5.69 Å². The van der Waals surface area contributed by atoms with Crippen LogP contribution in [0.2, 0.25) is 0 Å². The zero-order valence-corrected chi connectivity index (χ0v) is 16.2. The van der Waals surface area contributed by atoms with Gasteiger partial charge in [0.05, 0.1) is 18.5 Å². The Hall–Kier alpha value is -1.56. The van der Waals surface area contributed by atoms with Gasteiger partial charge in [0, 0.05) is 12.5 Å². The van der Waals surface area contributed by atoms with Gasteiger partial charge in [-0.2, -0.15) is 0 Å². The van der Waals surface area contributed by atoms with E-state index in [9.17, 15) is 13.2 Å². The summed E-state index contributed by atoms with van der Waals surface area (Å²) in [4.78, 5) is 12.1. The van der Waals surface area contributed by atoms with Gasteiger partial charge in [-0.05, 0) is 37.3 Å². The first-order chi connectivity index (χ1) is 11.3. The van der Waals surface area contributed by atoms with E-state index in [1.807, 2.05) is 45.9 Å². The third kappa shape index (κ3) is 5.23. The molecule has 0 bridgehead atoms. The fourth-order valence-electron chi connectivity index (χ4n) is 2.89. The Morgan fingerprint density at radius 3 is 2.33 bits per heavy atom. The molecule has 1 amide bonds. The Balaban J connectivity index is 2.96. The first-order valence-corrected chi connectivity index (χ1v) is 10.4. The third-order valence-corrected chi connectivity index (χ3v) is 5.49. The van der Waals surface area contributed by atoms with Crippen molar-refractivity contribution in [1.82, 2.24) is 5.32 Å². The number of aryl methyl sites for hydroxylation is 2. The molecule has 0 spiro atoms. The Morgan fingerprint density at radius 2 is 1.83 bits per heavy atom. The number of carbonyl (C=O) groups excluding carboxylic acids is 1. The Morgan fingerprint density at radius 1 is 1.21 bits per heavy atom. The Bertz CT molecular complexity index is 652. The van der Waals surface area contributed by atoms with Gasteiger partial charge in [0.25, 0.3) is 0 Å². The number of hydrogen-bond acceptors (Lipinski definition) is 3. The second-order valence-corrected chi connectivity index (χ2v) is 7.98. The third-order valence-electron chi connectivity index (χ3n) is 4.32. The smallest absolute Gasteiger partial charge is 0.232 e. The van der Waals surface area contributed by atoms with E-state index in [4.69, 9.17) is 0 Å². The SMILES string of the molecule is CCc1cccc(C)c1N(CCNC(=O)C(CC)CC)S(C)(=O)=O. The molecule has 0 aliphatic heterocycles. The molecule has 5 nitrogen and oxygen atoms in total. The molecule has 0 saturated carbocycles.